The zero-order chi connectivity index (χ0) is 14.6. The van der Waals surface area contributed by atoms with Crippen LogP contribution in [0.3, 0.4) is 0 Å². The minimum atomic E-state index is 0.742. The summed E-state index contributed by atoms with van der Waals surface area (Å²) in [5.41, 5.74) is 2.81. The fourth-order valence-electron chi connectivity index (χ4n) is 1.89. The molecule has 0 unspecified atom stereocenters. The average Bonchev–Trinajstić information content (AvgIpc) is 2.90. The summed E-state index contributed by atoms with van der Waals surface area (Å²) >= 11 is 0. The molecule has 0 atom stereocenters. The van der Waals surface area contributed by atoms with Crippen LogP contribution in [-0.4, -0.2) is 22.8 Å². The van der Waals surface area contributed by atoms with Crippen LogP contribution in [0.15, 0.2) is 42.0 Å². The third kappa shape index (κ3) is 8.70. The highest BCUT2D eigenvalue weighted by Gasteiger charge is 1.92. The zero-order valence-electron chi connectivity index (χ0n) is 13.1. The molecule has 0 saturated carbocycles. The van der Waals surface area contributed by atoms with E-state index in [1.807, 2.05) is 18.7 Å². The van der Waals surface area contributed by atoms with Crippen molar-refractivity contribution in [2.75, 3.05) is 13.2 Å². The summed E-state index contributed by atoms with van der Waals surface area (Å²) in [7, 11) is 0. The maximum Gasteiger partial charge on any atom is 0.0945 e. The maximum absolute atomic E-state index is 5.63. The number of ether oxygens (including phenoxy) is 1. The van der Waals surface area contributed by atoms with Gasteiger partial charge in [0.05, 0.1) is 12.9 Å². The fourth-order valence-corrected chi connectivity index (χ4v) is 1.89. The normalized spacial score (nSPS) is 11.7. The van der Waals surface area contributed by atoms with Crippen molar-refractivity contribution >= 4 is 0 Å². The van der Waals surface area contributed by atoms with Crippen molar-refractivity contribution in [3.8, 4) is 0 Å². The Bertz CT molecular complexity index is 401. The van der Waals surface area contributed by atoms with Gasteiger partial charge in [-0.15, -0.1) is 0 Å². The monoisotopic (exact) mass is 276 g/mol. The Morgan fingerprint density at radius 1 is 1.20 bits per heavy atom. The summed E-state index contributed by atoms with van der Waals surface area (Å²) < 4.78 is 7.74. The lowest BCUT2D eigenvalue weighted by Crippen LogP contribution is -1.99. The van der Waals surface area contributed by atoms with Crippen LogP contribution in [0.1, 0.15) is 46.5 Å². The number of hydrogen-bond acceptors (Lipinski definition) is 2. The van der Waals surface area contributed by atoms with Crippen LogP contribution in [0, 0.1) is 0 Å². The molecule has 0 aromatic carbocycles. The predicted octanol–water partition coefficient (Wildman–Crippen LogP) is 4.37. The Kier molecular flexibility index (Phi) is 8.72. The first-order valence-electron chi connectivity index (χ1n) is 7.51. The first-order valence-corrected chi connectivity index (χ1v) is 7.51. The minimum Gasteiger partial charge on any atom is -0.377 e. The molecule has 1 rings (SSSR count). The smallest absolute Gasteiger partial charge is 0.0945 e. The van der Waals surface area contributed by atoms with E-state index in [9.17, 15) is 0 Å². The molecule has 0 bridgehead atoms. The number of rotatable bonds is 10. The molecule has 0 radical (unpaired) electrons. The Labute approximate surface area is 123 Å². The van der Waals surface area contributed by atoms with Gasteiger partial charge < -0.3 is 9.30 Å². The van der Waals surface area contributed by atoms with Gasteiger partial charge >= 0.3 is 0 Å². The molecule has 0 N–H and O–H groups in total. The van der Waals surface area contributed by atoms with Gasteiger partial charge in [0.15, 0.2) is 0 Å². The molecular formula is C17H28N2O. The molecule has 0 fully saturated rings. The standard InChI is InChI=1S/C17H28N2O/c1-16(2)7-6-8-17(3)9-14-20-13-5-4-11-19-12-10-18-15-19/h7,9-10,12,15H,4-6,8,11,13-14H2,1-3H3. The van der Waals surface area contributed by atoms with Crippen molar-refractivity contribution in [3.63, 3.8) is 0 Å². The molecule has 1 heterocycles. The molecule has 0 amide bonds. The lowest BCUT2D eigenvalue weighted by molar-refractivity contribution is 0.156. The number of unbranched alkanes of at least 4 members (excludes halogenated alkanes) is 1. The van der Waals surface area contributed by atoms with Crippen molar-refractivity contribution in [1.29, 1.82) is 0 Å². The van der Waals surface area contributed by atoms with E-state index in [2.05, 4.69) is 42.5 Å². The SMILES string of the molecule is CC(C)=CCCC(C)=CCOCCCCn1ccnc1. The molecule has 1 aromatic heterocycles. The van der Waals surface area contributed by atoms with Gasteiger partial charge in [0, 0.05) is 25.5 Å². The lowest BCUT2D eigenvalue weighted by Gasteiger charge is -2.04. The highest BCUT2D eigenvalue weighted by molar-refractivity contribution is 5.02. The molecule has 0 saturated heterocycles. The third-order valence-corrected chi connectivity index (χ3v) is 3.16. The number of aryl methyl sites for hydroxylation is 1. The second-order valence-corrected chi connectivity index (χ2v) is 5.45. The summed E-state index contributed by atoms with van der Waals surface area (Å²) in [6.07, 6.45) is 14.7. The third-order valence-electron chi connectivity index (χ3n) is 3.16. The zero-order valence-corrected chi connectivity index (χ0v) is 13.1. The van der Waals surface area contributed by atoms with Crippen LogP contribution in [0.4, 0.5) is 0 Å². The second kappa shape index (κ2) is 10.4. The number of nitrogens with zero attached hydrogens (tertiary/aromatic N) is 2. The number of aromatic nitrogens is 2. The van der Waals surface area contributed by atoms with Gasteiger partial charge in [-0.1, -0.05) is 23.3 Å². The molecule has 0 aliphatic carbocycles. The van der Waals surface area contributed by atoms with Crippen LogP contribution < -0.4 is 0 Å². The van der Waals surface area contributed by atoms with E-state index in [-0.39, 0.29) is 0 Å². The van der Waals surface area contributed by atoms with E-state index in [4.69, 9.17) is 4.74 Å². The predicted molar refractivity (Wildman–Crippen MR) is 84.7 cm³/mol. The van der Waals surface area contributed by atoms with Gasteiger partial charge in [0.1, 0.15) is 0 Å². The Balaban J connectivity index is 1.96. The minimum absolute atomic E-state index is 0.742. The molecule has 0 aliphatic heterocycles. The van der Waals surface area contributed by atoms with Crippen LogP contribution in [0.25, 0.3) is 0 Å². The Morgan fingerprint density at radius 2 is 2.05 bits per heavy atom. The summed E-state index contributed by atoms with van der Waals surface area (Å²) in [6.45, 7) is 9.08. The van der Waals surface area contributed by atoms with Crippen LogP contribution in [0.5, 0.6) is 0 Å². The van der Waals surface area contributed by atoms with E-state index in [0.717, 1.165) is 45.4 Å². The van der Waals surface area contributed by atoms with E-state index < -0.39 is 0 Å². The Hall–Kier alpha value is -1.35. The summed E-state index contributed by atoms with van der Waals surface area (Å²) in [5, 5.41) is 0. The topological polar surface area (TPSA) is 27.1 Å². The summed E-state index contributed by atoms with van der Waals surface area (Å²) in [5.74, 6) is 0. The van der Waals surface area contributed by atoms with E-state index >= 15 is 0 Å². The van der Waals surface area contributed by atoms with Gasteiger partial charge in [-0.25, -0.2) is 4.98 Å². The molecular weight excluding hydrogens is 248 g/mol. The van der Waals surface area contributed by atoms with Gasteiger partial charge in [-0.05, 0) is 46.5 Å². The first kappa shape index (κ1) is 16.7. The molecule has 3 heteroatoms. The second-order valence-electron chi connectivity index (χ2n) is 5.45. The van der Waals surface area contributed by atoms with Crippen molar-refractivity contribution in [1.82, 2.24) is 9.55 Å². The first-order chi connectivity index (χ1) is 9.68. The van der Waals surface area contributed by atoms with Gasteiger partial charge in [0.2, 0.25) is 0 Å². The molecule has 0 spiro atoms. The van der Waals surface area contributed by atoms with Crippen LogP contribution in [0.2, 0.25) is 0 Å². The lowest BCUT2D eigenvalue weighted by atomic mass is 10.1. The van der Waals surface area contributed by atoms with E-state index in [1.54, 1.807) is 0 Å². The van der Waals surface area contributed by atoms with Gasteiger partial charge in [-0.2, -0.15) is 0 Å². The van der Waals surface area contributed by atoms with E-state index in [0.29, 0.717) is 0 Å². The average molecular weight is 276 g/mol. The molecule has 20 heavy (non-hydrogen) atoms. The number of imidazole rings is 1. The highest BCUT2D eigenvalue weighted by atomic mass is 16.5. The van der Waals surface area contributed by atoms with Crippen molar-refractivity contribution in [2.45, 2.75) is 53.0 Å². The summed E-state index contributed by atoms with van der Waals surface area (Å²) in [4.78, 5) is 4.03. The quantitative estimate of drug-likeness (QED) is 0.468. The van der Waals surface area contributed by atoms with Gasteiger partial charge in [-0.3, -0.25) is 0 Å². The molecule has 3 nitrogen and oxygen atoms in total. The van der Waals surface area contributed by atoms with Crippen molar-refractivity contribution < 1.29 is 4.74 Å². The summed E-state index contributed by atoms with van der Waals surface area (Å²) in [6, 6.07) is 0. The molecule has 0 aliphatic rings. The van der Waals surface area contributed by atoms with E-state index in [1.165, 1.54) is 11.1 Å². The Morgan fingerprint density at radius 3 is 2.75 bits per heavy atom. The number of allylic oxidation sites excluding steroid dienone is 3. The largest absolute Gasteiger partial charge is 0.377 e. The van der Waals surface area contributed by atoms with Crippen LogP contribution in [-0.2, 0) is 11.3 Å². The fraction of sp³-hybridized carbons (Fsp3) is 0.588. The van der Waals surface area contributed by atoms with Crippen molar-refractivity contribution in [3.05, 3.63) is 42.0 Å². The van der Waals surface area contributed by atoms with Crippen molar-refractivity contribution in [2.24, 2.45) is 0 Å². The van der Waals surface area contributed by atoms with Crippen LogP contribution >= 0.6 is 0 Å². The molecule has 1 aromatic rings. The maximum atomic E-state index is 5.63. The van der Waals surface area contributed by atoms with Gasteiger partial charge in [0.25, 0.3) is 0 Å². The number of hydrogen-bond donors (Lipinski definition) is 0. The molecule has 112 valence electrons. The highest BCUT2D eigenvalue weighted by Crippen LogP contribution is 2.06.